The van der Waals surface area contributed by atoms with Gasteiger partial charge < -0.3 is 20.3 Å². The van der Waals surface area contributed by atoms with Gasteiger partial charge in [-0.15, -0.1) is 0 Å². The first-order valence-electron chi connectivity index (χ1n) is 11.3. The lowest BCUT2D eigenvalue weighted by atomic mass is 9.86. The number of methoxy groups -OCH3 is 1. The van der Waals surface area contributed by atoms with Crippen LogP contribution >= 0.6 is 15.9 Å². The summed E-state index contributed by atoms with van der Waals surface area (Å²) >= 11 is 3.56. The normalized spacial score (nSPS) is 18.5. The summed E-state index contributed by atoms with van der Waals surface area (Å²) in [4.78, 5) is 11.5. The number of anilines is 2. The summed E-state index contributed by atoms with van der Waals surface area (Å²) in [6.45, 7) is 1.74. The molecule has 0 amide bonds. The van der Waals surface area contributed by atoms with Crippen LogP contribution in [0, 0.1) is 5.92 Å². The van der Waals surface area contributed by atoms with E-state index in [2.05, 4.69) is 38.7 Å². The fourth-order valence-electron chi connectivity index (χ4n) is 4.43. The van der Waals surface area contributed by atoms with Gasteiger partial charge in [-0.1, -0.05) is 28.1 Å². The van der Waals surface area contributed by atoms with Gasteiger partial charge >= 0.3 is 0 Å². The molecule has 3 aromatic rings. The Morgan fingerprint density at radius 1 is 1.06 bits per heavy atom. The van der Waals surface area contributed by atoms with E-state index in [1.165, 1.54) is 31.2 Å². The first kappa shape index (κ1) is 22.8. The lowest BCUT2D eigenvalue weighted by molar-refractivity contribution is 0.298. The van der Waals surface area contributed by atoms with Crippen LogP contribution in [0.15, 0.2) is 46.9 Å². The second-order valence-electron chi connectivity index (χ2n) is 8.72. The summed E-state index contributed by atoms with van der Waals surface area (Å²) in [6.07, 6.45) is 4.77. The van der Waals surface area contributed by atoms with Gasteiger partial charge in [0.25, 0.3) is 0 Å². The molecule has 4 rings (SSSR count). The Labute approximate surface area is 198 Å². The number of para-hydroxylation sites is 1. The van der Waals surface area contributed by atoms with E-state index in [0.29, 0.717) is 12.0 Å². The molecule has 0 unspecified atom stereocenters. The number of nitrogens with one attached hydrogen (secondary N) is 2. The quantitative estimate of drug-likeness (QED) is 0.444. The molecule has 1 fully saturated rings. The van der Waals surface area contributed by atoms with Crippen molar-refractivity contribution >= 4 is 38.6 Å². The molecule has 0 bridgehead atoms. The first-order valence-corrected chi connectivity index (χ1v) is 12.1. The summed E-state index contributed by atoms with van der Waals surface area (Å²) in [5.74, 6) is 3.25. The molecule has 0 aliphatic heterocycles. The molecule has 2 N–H and O–H groups in total. The van der Waals surface area contributed by atoms with E-state index in [9.17, 15) is 0 Å². The average molecular weight is 498 g/mol. The van der Waals surface area contributed by atoms with Gasteiger partial charge in [-0.2, -0.15) is 4.98 Å². The maximum atomic E-state index is 5.50. The second kappa shape index (κ2) is 10.5. The smallest absolute Gasteiger partial charge is 0.225 e. The monoisotopic (exact) mass is 497 g/mol. The van der Waals surface area contributed by atoms with Gasteiger partial charge in [-0.25, -0.2) is 4.98 Å². The number of hydrogen-bond acceptors (Lipinski definition) is 6. The maximum absolute atomic E-state index is 5.50. The Morgan fingerprint density at radius 2 is 1.84 bits per heavy atom. The highest BCUT2D eigenvalue weighted by Gasteiger charge is 2.21. The number of nitrogens with zero attached hydrogens (tertiary/aromatic N) is 3. The molecule has 170 valence electrons. The van der Waals surface area contributed by atoms with Gasteiger partial charge in [-0.05, 0) is 61.9 Å². The number of hydrogen-bond donors (Lipinski definition) is 2. The largest absolute Gasteiger partial charge is 0.496 e. The standard InChI is InChI=1S/C25H32BrN5O/c1-31(2)24-21-6-4-5-7-22(21)29-25(30-24)28-15-17-8-11-20(12-9-17)27-16-18-14-19(26)10-13-23(18)32-3/h4-7,10,13-14,17,20,27H,8-9,11-12,15-16H2,1-3H3,(H,28,29,30). The Hall–Kier alpha value is -2.38. The second-order valence-corrected chi connectivity index (χ2v) is 9.63. The van der Waals surface area contributed by atoms with Gasteiger partial charge in [0.1, 0.15) is 11.6 Å². The highest BCUT2D eigenvalue weighted by molar-refractivity contribution is 9.10. The number of ether oxygens (including phenoxy) is 1. The fraction of sp³-hybridized carbons (Fsp3) is 0.440. The zero-order valence-electron chi connectivity index (χ0n) is 19.1. The van der Waals surface area contributed by atoms with E-state index in [1.54, 1.807) is 7.11 Å². The molecule has 1 saturated carbocycles. The van der Waals surface area contributed by atoms with Crippen molar-refractivity contribution in [3.63, 3.8) is 0 Å². The zero-order chi connectivity index (χ0) is 22.5. The molecular weight excluding hydrogens is 466 g/mol. The minimum Gasteiger partial charge on any atom is -0.496 e. The Bertz CT molecular complexity index is 1050. The molecule has 1 aliphatic carbocycles. The Morgan fingerprint density at radius 3 is 2.59 bits per heavy atom. The van der Waals surface area contributed by atoms with Gasteiger partial charge in [-0.3, -0.25) is 0 Å². The first-order chi connectivity index (χ1) is 15.5. The van der Waals surface area contributed by atoms with Crippen LogP contribution in [0.3, 0.4) is 0 Å². The van der Waals surface area contributed by atoms with Crippen LogP contribution < -0.4 is 20.3 Å². The van der Waals surface area contributed by atoms with Crippen LogP contribution in [0.25, 0.3) is 10.9 Å². The summed E-state index contributed by atoms with van der Waals surface area (Å²) in [6, 6.07) is 14.9. The molecule has 32 heavy (non-hydrogen) atoms. The van der Waals surface area contributed by atoms with Crippen LogP contribution in [0.2, 0.25) is 0 Å². The van der Waals surface area contributed by atoms with E-state index in [-0.39, 0.29) is 0 Å². The van der Waals surface area contributed by atoms with E-state index < -0.39 is 0 Å². The van der Waals surface area contributed by atoms with Crippen molar-refractivity contribution in [3.05, 3.63) is 52.5 Å². The highest BCUT2D eigenvalue weighted by atomic mass is 79.9. The van der Waals surface area contributed by atoms with Gasteiger partial charge in [0, 0.05) is 48.6 Å². The van der Waals surface area contributed by atoms with Crippen molar-refractivity contribution in [2.75, 3.05) is 38.0 Å². The van der Waals surface area contributed by atoms with Gasteiger partial charge in [0.2, 0.25) is 5.95 Å². The van der Waals surface area contributed by atoms with E-state index in [1.807, 2.05) is 49.3 Å². The van der Waals surface area contributed by atoms with Crippen molar-refractivity contribution in [2.24, 2.45) is 5.92 Å². The Kier molecular flexibility index (Phi) is 7.48. The van der Waals surface area contributed by atoms with Crippen molar-refractivity contribution in [3.8, 4) is 5.75 Å². The van der Waals surface area contributed by atoms with Gasteiger partial charge in [0.05, 0.1) is 12.6 Å². The molecule has 0 atom stereocenters. The van der Waals surface area contributed by atoms with Crippen LogP contribution in [-0.2, 0) is 6.54 Å². The Balaban J connectivity index is 1.29. The summed E-state index contributed by atoms with van der Waals surface area (Å²) < 4.78 is 6.58. The van der Waals surface area contributed by atoms with Crippen LogP contribution in [-0.4, -0.2) is 43.8 Å². The van der Waals surface area contributed by atoms with Crippen LogP contribution in [0.5, 0.6) is 5.75 Å². The lowest BCUT2D eigenvalue weighted by Crippen LogP contribution is -2.34. The summed E-state index contributed by atoms with van der Waals surface area (Å²) in [7, 11) is 5.78. The fourth-order valence-corrected chi connectivity index (χ4v) is 4.83. The molecule has 6 nitrogen and oxygen atoms in total. The number of benzene rings is 2. The van der Waals surface area contributed by atoms with Crippen molar-refractivity contribution < 1.29 is 4.74 Å². The van der Waals surface area contributed by atoms with Crippen molar-refractivity contribution in [1.82, 2.24) is 15.3 Å². The predicted molar refractivity (Wildman–Crippen MR) is 136 cm³/mol. The van der Waals surface area contributed by atoms with E-state index in [0.717, 1.165) is 46.0 Å². The van der Waals surface area contributed by atoms with Gasteiger partial charge in [0.15, 0.2) is 0 Å². The predicted octanol–water partition coefficient (Wildman–Crippen LogP) is 5.23. The minimum atomic E-state index is 0.548. The lowest BCUT2D eigenvalue weighted by Gasteiger charge is -2.29. The third-order valence-corrected chi connectivity index (χ3v) is 6.72. The third kappa shape index (κ3) is 5.51. The number of fused-ring (bicyclic) bond motifs is 1. The topological polar surface area (TPSA) is 62.3 Å². The highest BCUT2D eigenvalue weighted by Crippen LogP contribution is 2.28. The van der Waals surface area contributed by atoms with Crippen molar-refractivity contribution in [1.29, 1.82) is 0 Å². The summed E-state index contributed by atoms with van der Waals surface area (Å²) in [5.41, 5.74) is 2.17. The maximum Gasteiger partial charge on any atom is 0.225 e. The summed E-state index contributed by atoms with van der Waals surface area (Å²) in [5, 5.41) is 8.31. The molecular formula is C25H32BrN5O. The zero-order valence-corrected chi connectivity index (χ0v) is 20.7. The molecule has 2 aromatic carbocycles. The molecule has 7 heteroatoms. The molecule has 0 spiro atoms. The number of halogens is 1. The SMILES string of the molecule is COc1ccc(Br)cc1CNC1CCC(CNc2nc(N(C)C)c3ccccc3n2)CC1. The van der Waals surface area contributed by atoms with Crippen LogP contribution in [0.1, 0.15) is 31.2 Å². The average Bonchev–Trinajstić information content (AvgIpc) is 2.81. The minimum absolute atomic E-state index is 0.548. The van der Waals surface area contributed by atoms with Crippen molar-refractivity contribution in [2.45, 2.75) is 38.3 Å². The third-order valence-electron chi connectivity index (χ3n) is 6.23. The molecule has 1 heterocycles. The van der Waals surface area contributed by atoms with E-state index >= 15 is 0 Å². The number of aromatic nitrogens is 2. The molecule has 1 aromatic heterocycles. The number of rotatable bonds is 8. The van der Waals surface area contributed by atoms with Crippen LogP contribution in [0.4, 0.5) is 11.8 Å². The molecule has 0 radical (unpaired) electrons. The molecule has 1 aliphatic rings. The van der Waals surface area contributed by atoms with E-state index in [4.69, 9.17) is 14.7 Å². The molecule has 0 saturated heterocycles.